The first-order chi connectivity index (χ1) is 6.31. The maximum Gasteiger partial charge on any atom is 0.134 e. The van der Waals surface area contributed by atoms with Gasteiger partial charge in [-0.05, 0) is 37.6 Å². The molecule has 1 heterocycles. The van der Waals surface area contributed by atoms with Crippen molar-refractivity contribution in [1.82, 2.24) is 0 Å². The molecule has 0 fully saturated rings. The van der Waals surface area contributed by atoms with Gasteiger partial charge in [0, 0.05) is 5.56 Å². The molecule has 1 nitrogen and oxygen atoms in total. The predicted octanol–water partition coefficient (Wildman–Crippen LogP) is 3.39. The molecule has 1 heteroatoms. The first-order valence-corrected chi connectivity index (χ1v) is 4.43. The number of hydrogen-bond acceptors (Lipinski definition) is 1. The molecular weight excluding hydrogens is 160 g/mol. The molecule has 1 aromatic rings. The van der Waals surface area contributed by atoms with E-state index in [9.17, 15) is 0 Å². The van der Waals surface area contributed by atoms with Gasteiger partial charge in [0.05, 0.1) is 0 Å². The third-order valence-electron chi connectivity index (χ3n) is 2.16. The molecule has 1 aromatic carbocycles. The van der Waals surface area contributed by atoms with E-state index in [1.165, 1.54) is 5.57 Å². The molecule has 0 radical (unpaired) electrons. The number of allylic oxidation sites excluding steroid dienone is 2. The van der Waals surface area contributed by atoms with Crippen LogP contribution < -0.4 is 4.74 Å². The van der Waals surface area contributed by atoms with Gasteiger partial charge in [-0.1, -0.05) is 18.2 Å². The summed E-state index contributed by atoms with van der Waals surface area (Å²) in [5.41, 5.74) is 2.34. The van der Waals surface area contributed by atoms with Crippen LogP contribution in [0.25, 0.3) is 6.08 Å². The summed E-state index contributed by atoms with van der Waals surface area (Å²) >= 11 is 0. The second-order valence-corrected chi connectivity index (χ2v) is 3.12. The monoisotopic (exact) mass is 172 g/mol. The van der Waals surface area contributed by atoms with E-state index >= 15 is 0 Å². The molecule has 0 aromatic heterocycles. The van der Waals surface area contributed by atoms with E-state index in [4.69, 9.17) is 4.74 Å². The summed E-state index contributed by atoms with van der Waals surface area (Å²) in [6.07, 6.45) is 4.13. The maximum atomic E-state index is 5.69. The standard InChI is InChI=1S/C12H12O/c1-3-11-9(2)8-10-6-4-5-7-12(10)13-11/h3-8H,1-2H3/b11-3+. The zero-order chi connectivity index (χ0) is 9.26. The van der Waals surface area contributed by atoms with Crippen molar-refractivity contribution in [2.24, 2.45) is 0 Å². The molecule has 0 N–H and O–H groups in total. The Hall–Kier alpha value is -1.50. The molecular formula is C12H12O. The van der Waals surface area contributed by atoms with Crippen molar-refractivity contribution >= 4 is 6.08 Å². The van der Waals surface area contributed by atoms with Crippen molar-refractivity contribution in [3.8, 4) is 5.75 Å². The lowest BCUT2D eigenvalue weighted by Crippen LogP contribution is -2.02. The molecule has 0 unspecified atom stereocenters. The summed E-state index contributed by atoms with van der Waals surface area (Å²) in [4.78, 5) is 0. The van der Waals surface area contributed by atoms with E-state index in [1.807, 2.05) is 31.2 Å². The molecule has 66 valence electrons. The maximum absolute atomic E-state index is 5.69. The van der Waals surface area contributed by atoms with Crippen molar-refractivity contribution in [2.45, 2.75) is 13.8 Å². The molecule has 0 saturated heterocycles. The quantitative estimate of drug-likeness (QED) is 0.583. The van der Waals surface area contributed by atoms with Gasteiger partial charge in [0.1, 0.15) is 11.5 Å². The lowest BCUT2D eigenvalue weighted by Gasteiger charge is -2.17. The first-order valence-electron chi connectivity index (χ1n) is 4.43. The molecule has 0 spiro atoms. The van der Waals surface area contributed by atoms with Gasteiger partial charge in [-0.2, -0.15) is 0 Å². The molecule has 2 rings (SSSR count). The first kappa shape index (κ1) is 8.11. The second-order valence-electron chi connectivity index (χ2n) is 3.12. The number of benzene rings is 1. The second kappa shape index (κ2) is 3.09. The third kappa shape index (κ3) is 1.37. The average molecular weight is 172 g/mol. The van der Waals surface area contributed by atoms with Crippen LogP contribution in [0.15, 0.2) is 41.7 Å². The van der Waals surface area contributed by atoms with Gasteiger partial charge < -0.3 is 4.74 Å². The average Bonchev–Trinajstić information content (AvgIpc) is 2.17. The number of hydrogen-bond donors (Lipinski definition) is 0. The minimum atomic E-state index is 0.946. The van der Waals surface area contributed by atoms with E-state index in [0.29, 0.717) is 0 Å². The van der Waals surface area contributed by atoms with Crippen LogP contribution in [-0.2, 0) is 0 Å². The van der Waals surface area contributed by atoms with Crippen LogP contribution in [0.1, 0.15) is 19.4 Å². The largest absolute Gasteiger partial charge is 0.457 e. The summed E-state index contributed by atoms with van der Waals surface area (Å²) in [5.74, 6) is 1.90. The summed E-state index contributed by atoms with van der Waals surface area (Å²) in [5, 5.41) is 0. The minimum absolute atomic E-state index is 0.946. The van der Waals surface area contributed by atoms with Gasteiger partial charge in [-0.25, -0.2) is 0 Å². The van der Waals surface area contributed by atoms with Crippen LogP contribution >= 0.6 is 0 Å². The lowest BCUT2D eigenvalue weighted by molar-refractivity contribution is 0.430. The van der Waals surface area contributed by atoms with Crippen LogP contribution in [0.5, 0.6) is 5.75 Å². The topological polar surface area (TPSA) is 9.23 Å². The third-order valence-corrected chi connectivity index (χ3v) is 2.16. The van der Waals surface area contributed by atoms with Crippen LogP contribution in [0, 0.1) is 0 Å². The molecule has 1 aliphatic heterocycles. The highest BCUT2D eigenvalue weighted by Crippen LogP contribution is 2.30. The molecule has 0 bridgehead atoms. The van der Waals surface area contributed by atoms with Crippen molar-refractivity contribution in [3.63, 3.8) is 0 Å². The van der Waals surface area contributed by atoms with Crippen molar-refractivity contribution in [1.29, 1.82) is 0 Å². The van der Waals surface area contributed by atoms with E-state index in [-0.39, 0.29) is 0 Å². The highest BCUT2D eigenvalue weighted by molar-refractivity contribution is 5.65. The molecule has 0 atom stereocenters. The number of para-hydroxylation sites is 1. The number of fused-ring (bicyclic) bond motifs is 1. The Morgan fingerprint density at radius 2 is 2.00 bits per heavy atom. The van der Waals surface area contributed by atoms with E-state index in [2.05, 4.69) is 19.1 Å². The van der Waals surface area contributed by atoms with Gasteiger partial charge in [0.2, 0.25) is 0 Å². The Labute approximate surface area is 78.3 Å². The predicted molar refractivity (Wildman–Crippen MR) is 54.5 cm³/mol. The van der Waals surface area contributed by atoms with E-state index in [0.717, 1.165) is 17.1 Å². The summed E-state index contributed by atoms with van der Waals surface area (Å²) < 4.78 is 5.69. The lowest BCUT2D eigenvalue weighted by atomic mass is 10.1. The molecule has 0 saturated carbocycles. The van der Waals surface area contributed by atoms with Crippen LogP contribution in [0.4, 0.5) is 0 Å². The van der Waals surface area contributed by atoms with Crippen molar-refractivity contribution in [3.05, 3.63) is 47.2 Å². The number of ether oxygens (including phenoxy) is 1. The van der Waals surface area contributed by atoms with Crippen LogP contribution in [-0.4, -0.2) is 0 Å². The molecule has 1 aliphatic rings. The van der Waals surface area contributed by atoms with Crippen LogP contribution in [0.2, 0.25) is 0 Å². The highest BCUT2D eigenvalue weighted by atomic mass is 16.5. The zero-order valence-electron chi connectivity index (χ0n) is 7.87. The van der Waals surface area contributed by atoms with Crippen molar-refractivity contribution < 1.29 is 4.74 Å². The Bertz CT molecular complexity index is 386. The SMILES string of the molecule is C/C=C1/Oc2ccccc2C=C1C. The summed E-state index contributed by atoms with van der Waals surface area (Å²) in [6, 6.07) is 8.06. The fourth-order valence-corrected chi connectivity index (χ4v) is 1.48. The van der Waals surface area contributed by atoms with E-state index in [1.54, 1.807) is 0 Å². The molecule has 13 heavy (non-hydrogen) atoms. The Morgan fingerprint density at radius 3 is 2.77 bits per heavy atom. The molecule has 0 aliphatic carbocycles. The normalized spacial score (nSPS) is 17.7. The minimum Gasteiger partial charge on any atom is -0.457 e. The fraction of sp³-hybridized carbons (Fsp3) is 0.167. The highest BCUT2D eigenvalue weighted by Gasteiger charge is 2.11. The van der Waals surface area contributed by atoms with Crippen LogP contribution in [0.3, 0.4) is 0 Å². The smallest absolute Gasteiger partial charge is 0.134 e. The fourth-order valence-electron chi connectivity index (χ4n) is 1.48. The summed E-state index contributed by atoms with van der Waals surface area (Å²) in [6.45, 7) is 4.05. The zero-order valence-corrected chi connectivity index (χ0v) is 7.87. The Balaban J connectivity index is 2.53. The van der Waals surface area contributed by atoms with Gasteiger partial charge in [0.15, 0.2) is 0 Å². The van der Waals surface area contributed by atoms with E-state index < -0.39 is 0 Å². The van der Waals surface area contributed by atoms with Gasteiger partial charge >= 0.3 is 0 Å². The van der Waals surface area contributed by atoms with Gasteiger partial charge in [-0.15, -0.1) is 0 Å². The van der Waals surface area contributed by atoms with Gasteiger partial charge in [-0.3, -0.25) is 0 Å². The summed E-state index contributed by atoms with van der Waals surface area (Å²) in [7, 11) is 0. The Kier molecular flexibility index (Phi) is 1.93. The number of rotatable bonds is 0. The van der Waals surface area contributed by atoms with Crippen molar-refractivity contribution in [2.75, 3.05) is 0 Å². The Morgan fingerprint density at radius 1 is 1.23 bits per heavy atom. The van der Waals surface area contributed by atoms with Gasteiger partial charge in [0.25, 0.3) is 0 Å². The molecule has 0 amide bonds.